The van der Waals surface area contributed by atoms with Gasteiger partial charge >= 0.3 is 0 Å². The predicted molar refractivity (Wildman–Crippen MR) is 60.0 cm³/mol. The van der Waals surface area contributed by atoms with Crippen LogP contribution in [0.3, 0.4) is 0 Å². The smallest absolute Gasteiger partial charge is 0.119 e. The fourth-order valence-corrected chi connectivity index (χ4v) is 1.94. The van der Waals surface area contributed by atoms with Crippen LogP contribution >= 0.6 is 11.3 Å². The zero-order valence-electron chi connectivity index (χ0n) is 7.85. The van der Waals surface area contributed by atoms with Crippen LogP contribution in [0.5, 0.6) is 5.75 Å². The van der Waals surface area contributed by atoms with Crippen molar-refractivity contribution >= 4 is 11.3 Å². The van der Waals surface area contributed by atoms with Crippen LogP contribution < -0.4 is 4.74 Å². The van der Waals surface area contributed by atoms with Crippen molar-refractivity contribution in [2.24, 2.45) is 0 Å². The molecule has 0 N–H and O–H groups in total. The summed E-state index contributed by atoms with van der Waals surface area (Å²) in [5.74, 6) is 0.947. The fourth-order valence-electron chi connectivity index (χ4n) is 1.24. The number of benzene rings is 1. The van der Waals surface area contributed by atoms with Gasteiger partial charge in [0.05, 0.1) is 6.61 Å². The van der Waals surface area contributed by atoms with Crippen molar-refractivity contribution in [2.75, 3.05) is 6.61 Å². The van der Waals surface area contributed by atoms with Gasteiger partial charge in [-0.05, 0) is 34.5 Å². The van der Waals surface area contributed by atoms with Gasteiger partial charge in [0.1, 0.15) is 5.75 Å². The molecule has 0 bridgehead atoms. The molecule has 0 amide bonds. The topological polar surface area (TPSA) is 9.23 Å². The molecule has 0 saturated carbocycles. The van der Waals surface area contributed by atoms with E-state index in [1.54, 1.807) is 11.3 Å². The number of para-hydroxylation sites is 1. The van der Waals surface area contributed by atoms with Crippen molar-refractivity contribution in [3.63, 3.8) is 0 Å². The summed E-state index contributed by atoms with van der Waals surface area (Å²) in [7, 11) is 0. The zero-order chi connectivity index (χ0) is 9.64. The van der Waals surface area contributed by atoms with Crippen molar-refractivity contribution in [1.82, 2.24) is 0 Å². The lowest BCUT2D eigenvalue weighted by atomic mass is 10.2. The third-order valence-corrected chi connectivity index (χ3v) is 2.71. The van der Waals surface area contributed by atoms with Gasteiger partial charge in [0, 0.05) is 6.42 Å². The Labute approximate surface area is 88.0 Å². The first-order chi connectivity index (χ1) is 6.95. The minimum absolute atomic E-state index is 0.751. The Balaban J connectivity index is 1.79. The molecule has 0 atom stereocenters. The summed E-state index contributed by atoms with van der Waals surface area (Å²) in [6.07, 6.45) is 0.985. The third-order valence-electron chi connectivity index (χ3n) is 1.98. The van der Waals surface area contributed by atoms with Gasteiger partial charge < -0.3 is 4.74 Å². The standard InChI is InChI=1S/C12H12OS/c1-2-4-12(5-3-1)13-8-6-11-7-9-14-10-11/h1-5,7,9-10H,6,8H2. The zero-order valence-corrected chi connectivity index (χ0v) is 8.67. The predicted octanol–water partition coefficient (Wildman–Crippen LogP) is 3.37. The van der Waals surface area contributed by atoms with Crippen molar-refractivity contribution < 1.29 is 4.74 Å². The van der Waals surface area contributed by atoms with E-state index in [1.807, 2.05) is 30.3 Å². The third kappa shape index (κ3) is 2.60. The van der Waals surface area contributed by atoms with Gasteiger partial charge in [-0.2, -0.15) is 11.3 Å². The maximum absolute atomic E-state index is 5.58. The molecule has 0 aliphatic rings. The molecule has 0 saturated heterocycles. The Morgan fingerprint density at radius 2 is 1.93 bits per heavy atom. The Bertz CT molecular complexity index is 353. The number of ether oxygens (including phenoxy) is 1. The van der Waals surface area contributed by atoms with Crippen LogP contribution in [-0.4, -0.2) is 6.61 Å². The molecule has 1 aromatic carbocycles. The van der Waals surface area contributed by atoms with E-state index < -0.39 is 0 Å². The number of hydrogen-bond donors (Lipinski definition) is 0. The summed E-state index contributed by atoms with van der Waals surface area (Å²) in [6, 6.07) is 12.1. The molecule has 0 aliphatic heterocycles. The van der Waals surface area contributed by atoms with Crippen LogP contribution in [0.1, 0.15) is 5.56 Å². The van der Waals surface area contributed by atoms with Crippen molar-refractivity contribution in [3.8, 4) is 5.75 Å². The molecule has 1 nitrogen and oxygen atoms in total. The second-order valence-corrected chi connectivity index (χ2v) is 3.82. The van der Waals surface area contributed by atoms with E-state index in [1.165, 1.54) is 5.56 Å². The minimum atomic E-state index is 0.751. The molecule has 0 spiro atoms. The molecule has 0 fully saturated rings. The van der Waals surface area contributed by atoms with E-state index in [0.717, 1.165) is 18.8 Å². The Morgan fingerprint density at radius 3 is 2.64 bits per heavy atom. The molecule has 0 radical (unpaired) electrons. The lowest BCUT2D eigenvalue weighted by Crippen LogP contribution is -1.99. The quantitative estimate of drug-likeness (QED) is 0.742. The highest BCUT2D eigenvalue weighted by molar-refractivity contribution is 7.07. The molecule has 72 valence electrons. The van der Waals surface area contributed by atoms with Crippen LogP contribution in [0.2, 0.25) is 0 Å². The van der Waals surface area contributed by atoms with E-state index in [9.17, 15) is 0 Å². The molecular weight excluding hydrogens is 192 g/mol. The molecule has 14 heavy (non-hydrogen) atoms. The van der Waals surface area contributed by atoms with Crippen molar-refractivity contribution in [2.45, 2.75) is 6.42 Å². The lowest BCUT2D eigenvalue weighted by molar-refractivity contribution is 0.322. The molecule has 2 heteroatoms. The summed E-state index contributed by atoms with van der Waals surface area (Å²) in [6.45, 7) is 0.751. The highest BCUT2D eigenvalue weighted by Gasteiger charge is 1.94. The van der Waals surface area contributed by atoms with Gasteiger partial charge in [-0.25, -0.2) is 0 Å². The first-order valence-corrected chi connectivity index (χ1v) is 5.58. The Hall–Kier alpha value is -1.28. The van der Waals surface area contributed by atoms with Crippen molar-refractivity contribution in [1.29, 1.82) is 0 Å². The minimum Gasteiger partial charge on any atom is -0.493 e. The van der Waals surface area contributed by atoms with Gasteiger partial charge in [-0.3, -0.25) is 0 Å². The average Bonchev–Trinajstić information content (AvgIpc) is 2.72. The van der Waals surface area contributed by atoms with Crippen LogP contribution in [0.25, 0.3) is 0 Å². The Kier molecular flexibility index (Phi) is 3.19. The van der Waals surface area contributed by atoms with Gasteiger partial charge in [0.25, 0.3) is 0 Å². The SMILES string of the molecule is c1ccc(OCCc2ccsc2)cc1. The van der Waals surface area contributed by atoms with E-state index in [4.69, 9.17) is 4.74 Å². The molecule has 2 aromatic rings. The summed E-state index contributed by atoms with van der Waals surface area (Å²) in [4.78, 5) is 0. The second-order valence-electron chi connectivity index (χ2n) is 3.04. The maximum atomic E-state index is 5.58. The highest BCUT2D eigenvalue weighted by Crippen LogP contribution is 2.10. The lowest BCUT2D eigenvalue weighted by Gasteiger charge is -2.04. The number of thiophene rings is 1. The molecule has 0 unspecified atom stereocenters. The molecule has 0 aliphatic carbocycles. The first-order valence-electron chi connectivity index (χ1n) is 4.64. The van der Waals surface area contributed by atoms with Crippen molar-refractivity contribution in [3.05, 3.63) is 52.7 Å². The molecular formula is C12H12OS. The fraction of sp³-hybridized carbons (Fsp3) is 0.167. The summed E-state index contributed by atoms with van der Waals surface area (Å²) in [5, 5.41) is 4.26. The number of rotatable bonds is 4. The summed E-state index contributed by atoms with van der Waals surface area (Å²) in [5.41, 5.74) is 1.35. The highest BCUT2D eigenvalue weighted by atomic mass is 32.1. The van der Waals surface area contributed by atoms with Crippen LogP contribution in [-0.2, 0) is 6.42 Å². The van der Waals surface area contributed by atoms with Crippen LogP contribution in [0.4, 0.5) is 0 Å². The molecule has 1 heterocycles. The summed E-state index contributed by atoms with van der Waals surface area (Å²) < 4.78 is 5.58. The van der Waals surface area contributed by atoms with E-state index in [-0.39, 0.29) is 0 Å². The average molecular weight is 204 g/mol. The van der Waals surface area contributed by atoms with Gasteiger partial charge in [0.2, 0.25) is 0 Å². The first kappa shape index (κ1) is 9.28. The maximum Gasteiger partial charge on any atom is 0.119 e. The van der Waals surface area contributed by atoms with E-state index >= 15 is 0 Å². The second kappa shape index (κ2) is 4.82. The van der Waals surface area contributed by atoms with E-state index in [2.05, 4.69) is 16.8 Å². The van der Waals surface area contributed by atoms with Crippen LogP contribution in [0, 0.1) is 0 Å². The van der Waals surface area contributed by atoms with Gasteiger partial charge in [-0.1, -0.05) is 18.2 Å². The molecule has 2 rings (SSSR count). The van der Waals surface area contributed by atoms with E-state index in [0.29, 0.717) is 0 Å². The number of hydrogen-bond acceptors (Lipinski definition) is 2. The summed E-state index contributed by atoms with van der Waals surface area (Å²) >= 11 is 1.73. The van der Waals surface area contributed by atoms with Gasteiger partial charge in [-0.15, -0.1) is 0 Å². The Morgan fingerprint density at radius 1 is 1.07 bits per heavy atom. The van der Waals surface area contributed by atoms with Crippen LogP contribution in [0.15, 0.2) is 47.2 Å². The monoisotopic (exact) mass is 204 g/mol. The van der Waals surface area contributed by atoms with Gasteiger partial charge in [0.15, 0.2) is 0 Å². The molecule has 1 aromatic heterocycles. The largest absolute Gasteiger partial charge is 0.493 e. The normalized spacial score (nSPS) is 10.0.